The quantitative estimate of drug-likeness (QED) is 0.504. The van der Waals surface area contributed by atoms with Crippen LogP contribution in [0, 0.1) is 11.5 Å². The second-order valence-corrected chi connectivity index (χ2v) is 11.3. The standard InChI is InChI=1S/C14H19F2N3O4Si/c1-24(2,3)5-4-8-6-19(13(22)18-11(8)17)12-14(15,16)10(21)9(7-20)23-12/h6,9-10,12,20-21H,7H2,1-3H3,(H2,17,18,22). The number of rotatable bonds is 2. The minimum absolute atomic E-state index is 0.123. The molecule has 0 aliphatic carbocycles. The van der Waals surface area contributed by atoms with Crippen molar-refractivity contribution in [3.63, 3.8) is 0 Å². The molecule has 0 saturated carbocycles. The van der Waals surface area contributed by atoms with Crippen LogP contribution < -0.4 is 11.4 Å². The molecule has 2 heterocycles. The highest BCUT2D eigenvalue weighted by molar-refractivity contribution is 6.83. The van der Waals surface area contributed by atoms with Gasteiger partial charge >= 0.3 is 11.6 Å². The van der Waals surface area contributed by atoms with Crippen LogP contribution in [0.2, 0.25) is 19.6 Å². The molecule has 0 aromatic carbocycles. The average Bonchev–Trinajstić information content (AvgIpc) is 2.68. The van der Waals surface area contributed by atoms with Crippen molar-refractivity contribution in [3.8, 4) is 11.5 Å². The molecule has 4 N–H and O–H groups in total. The SMILES string of the molecule is C[Si](C)(C)C#Cc1cn(C2OC(CO)C(O)C2(F)F)c(=O)nc1N. The molecule has 1 fully saturated rings. The summed E-state index contributed by atoms with van der Waals surface area (Å²) < 4.78 is 33.8. The first-order chi connectivity index (χ1) is 11.0. The highest BCUT2D eigenvalue weighted by Crippen LogP contribution is 2.42. The summed E-state index contributed by atoms with van der Waals surface area (Å²) in [6.45, 7) is 5.13. The van der Waals surface area contributed by atoms with Gasteiger partial charge in [0.25, 0.3) is 0 Å². The number of aliphatic hydroxyl groups is 2. The summed E-state index contributed by atoms with van der Waals surface area (Å²) in [7, 11) is -1.77. The van der Waals surface area contributed by atoms with Gasteiger partial charge in [0.05, 0.1) is 12.2 Å². The fraction of sp³-hybridized carbons (Fsp3) is 0.571. The fourth-order valence-corrected chi connectivity index (χ4v) is 2.63. The Bertz CT molecular complexity index is 751. The van der Waals surface area contributed by atoms with E-state index in [2.05, 4.69) is 16.4 Å². The van der Waals surface area contributed by atoms with Gasteiger partial charge in [-0.3, -0.25) is 4.57 Å². The number of hydrogen-bond donors (Lipinski definition) is 3. The van der Waals surface area contributed by atoms with Crippen LogP contribution in [0.25, 0.3) is 0 Å². The number of hydrogen-bond acceptors (Lipinski definition) is 6. The van der Waals surface area contributed by atoms with Gasteiger partial charge < -0.3 is 20.7 Å². The van der Waals surface area contributed by atoms with E-state index < -0.39 is 44.7 Å². The summed E-state index contributed by atoms with van der Waals surface area (Å²) in [4.78, 5) is 15.4. The lowest BCUT2D eigenvalue weighted by Gasteiger charge is -2.21. The number of halogens is 2. The predicted molar refractivity (Wildman–Crippen MR) is 85.1 cm³/mol. The predicted octanol–water partition coefficient (Wildman–Crippen LogP) is -0.0597. The average molecular weight is 359 g/mol. The smallest absolute Gasteiger partial charge is 0.351 e. The van der Waals surface area contributed by atoms with E-state index in [4.69, 9.17) is 15.6 Å². The van der Waals surface area contributed by atoms with Crippen LogP contribution in [0.1, 0.15) is 11.8 Å². The van der Waals surface area contributed by atoms with Crippen LogP contribution in [-0.4, -0.2) is 52.6 Å². The Kier molecular flexibility index (Phi) is 4.83. The first kappa shape index (κ1) is 18.5. The van der Waals surface area contributed by atoms with Gasteiger partial charge in [0.15, 0.2) is 6.10 Å². The largest absolute Gasteiger partial charge is 0.394 e. The molecule has 1 aromatic rings. The first-order valence-corrected chi connectivity index (χ1v) is 10.7. The molecule has 3 atom stereocenters. The molecule has 7 nitrogen and oxygen atoms in total. The van der Waals surface area contributed by atoms with Crippen molar-refractivity contribution in [1.82, 2.24) is 9.55 Å². The van der Waals surface area contributed by atoms with Crippen molar-refractivity contribution < 1.29 is 23.7 Å². The van der Waals surface area contributed by atoms with Gasteiger partial charge in [0, 0.05) is 6.20 Å². The van der Waals surface area contributed by atoms with Crippen molar-refractivity contribution in [2.24, 2.45) is 0 Å². The lowest BCUT2D eigenvalue weighted by molar-refractivity contribution is -0.141. The molecule has 0 radical (unpaired) electrons. The van der Waals surface area contributed by atoms with E-state index in [1.54, 1.807) is 0 Å². The van der Waals surface area contributed by atoms with Crippen molar-refractivity contribution >= 4 is 13.9 Å². The number of nitrogen functional groups attached to an aromatic ring is 1. The summed E-state index contributed by atoms with van der Waals surface area (Å²) in [6.07, 6.45) is -4.81. The zero-order valence-electron chi connectivity index (χ0n) is 13.5. The molecular formula is C14H19F2N3O4Si. The van der Waals surface area contributed by atoms with Crippen LogP contribution in [-0.2, 0) is 4.74 Å². The Hall–Kier alpha value is -1.80. The Balaban J connectivity index is 2.51. The van der Waals surface area contributed by atoms with Crippen LogP contribution in [0.5, 0.6) is 0 Å². The number of nitrogens with two attached hydrogens (primary N) is 1. The summed E-state index contributed by atoms with van der Waals surface area (Å²) >= 11 is 0. The molecule has 2 rings (SSSR count). The van der Waals surface area contributed by atoms with Crippen LogP contribution in [0.15, 0.2) is 11.0 Å². The Morgan fingerprint density at radius 2 is 2.12 bits per heavy atom. The molecule has 1 aliphatic heterocycles. The van der Waals surface area contributed by atoms with Crippen LogP contribution in [0.4, 0.5) is 14.6 Å². The van der Waals surface area contributed by atoms with E-state index in [0.717, 1.165) is 6.20 Å². The Morgan fingerprint density at radius 3 is 2.62 bits per heavy atom. The number of alkyl halides is 2. The first-order valence-electron chi connectivity index (χ1n) is 7.21. The molecule has 3 unspecified atom stereocenters. The van der Waals surface area contributed by atoms with Crippen molar-refractivity contribution in [3.05, 3.63) is 22.2 Å². The maximum Gasteiger partial charge on any atom is 0.351 e. The van der Waals surface area contributed by atoms with E-state index in [0.29, 0.717) is 4.57 Å². The van der Waals surface area contributed by atoms with Gasteiger partial charge in [-0.15, -0.1) is 5.54 Å². The second-order valence-electron chi connectivity index (χ2n) is 6.56. The topological polar surface area (TPSA) is 111 Å². The van der Waals surface area contributed by atoms with E-state index in [9.17, 15) is 18.7 Å². The third-order valence-corrected chi connectivity index (χ3v) is 4.24. The highest BCUT2D eigenvalue weighted by atomic mass is 28.3. The molecule has 1 aliphatic rings. The third-order valence-electron chi connectivity index (χ3n) is 3.37. The fourth-order valence-electron chi connectivity index (χ4n) is 2.12. The maximum atomic E-state index is 14.2. The lowest BCUT2D eigenvalue weighted by atomic mass is 10.1. The second kappa shape index (κ2) is 6.25. The molecule has 1 saturated heterocycles. The van der Waals surface area contributed by atoms with Crippen LogP contribution in [0.3, 0.4) is 0 Å². The zero-order chi connectivity index (χ0) is 18.3. The van der Waals surface area contributed by atoms with Gasteiger partial charge in [-0.1, -0.05) is 25.6 Å². The highest BCUT2D eigenvalue weighted by Gasteiger charge is 2.59. The van der Waals surface area contributed by atoms with E-state index in [1.807, 2.05) is 19.6 Å². The van der Waals surface area contributed by atoms with Gasteiger partial charge in [0.1, 0.15) is 20.0 Å². The van der Waals surface area contributed by atoms with E-state index in [-0.39, 0.29) is 11.4 Å². The number of nitrogens with zero attached hydrogens (tertiary/aromatic N) is 2. The zero-order valence-corrected chi connectivity index (χ0v) is 14.5. The number of ether oxygens (including phenoxy) is 1. The number of anilines is 1. The maximum absolute atomic E-state index is 14.2. The number of aromatic nitrogens is 2. The molecule has 0 spiro atoms. The van der Waals surface area contributed by atoms with Gasteiger partial charge in [-0.2, -0.15) is 13.8 Å². The molecule has 10 heteroatoms. The minimum Gasteiger partial charge on any atom is -0.394 e. The minimum atomic E-state index is -3.78. The normalized spacial score (nSPS) is 26.0. The molecule has 132 valence electrons. The van der Waals surface area contributed by atoms with Crippen LogP contribution >= 0.6 is 0 Å². The third kappa shape index (κ3) is 3.49. The summed E-state index contributed by atoms with van der Waals surface area (Å²) in [5.41, 5.74) is 7.71. The molecule has 0 amide bonds. The molecule has 0 bridgehead atoms. The van der Waals surface area contributed by atoms with Crippen molar-refractivity contribution in [2.75, 3.05) is 12.3 Å². The summed E-state index contributed by atoms with van der Waals surface area (Å²) in [5, 5.41) is 18.6. The van der Waals surface area contributed by atoms with Gasteiger partial charge in [0.2, 0.25) is 6.23 Å². The molecule has 1 aromatic heterocycles. The van der Waals surface area contributed by atoms with Crippen molar-refractivity contribution in [2.45, 2.75) is 44.0 Å². The molecule has 24 heavy (non-hydrogen) atoms. The number of aliphatic hydroxyl groups excluding tert-OH is 2. The Labute approximate surface area is 138 Å². The van der Waals surface area contributed by atoms with Crippen molar-refractivity contribution in [1.29, 1.82) is 0 Å². The monoisotopic (exact) mass is 359 g/mol. The molecular weight excluding hydrogens is 340 g/mol. The van der Waals surface area contributed by atoms with Gasteiger partial charge in [-0.25, -0.2) is 4.79 Å². The van der Waals surface area contributed by atoms with E-state index in [1.165, 1.54) is 0 Å². The summed E-state index contributed by atoms with van der Waals surface area (Å²) in [6, 6.07) is 0. The Morgan fingerprint density at radius 1 is 1.50 bits per heavy atom. The van der Waals surface area contributed by atoms with E-state index >= 15 is 0 Å². The summed E-state index contributed by atoms with van der Waals surface area (Å²) in [5.74, 6) is -1.18. The van der Waals surface area contributed by atoms with Gasteiger partial charge in [-0.05, 0) is 0 Å². The lowest BCUT2D eigenvalue weighted by Crippen LogP contribution is -2.42.